The SMILES string of the molecule is CCOc1ccc([C@H]2C(C(=O)OC)=CN=c3s/c(=C/c4cc(-c5ccccc5)n(-c5ccc(C)cc5)c4-c4ccccc4)c(=O)n32)cc1OCC. The van der Waals surface area contributed by atoms with Gasteiger partial charge in [-0.15, -0.1) is 0 Å². The monoisotopic (exact) mass is 695 g/mol. The Morgan fingerprint density at radius 3 is 2.18 bits per heavy atom. The zero-order chi connectivity index (χ0) is 35.5. The Bertz CT molecular complexity index is 2420. The van der Waals surface area contributed by atoms with Crippen molar-refractivity contribution in [1.29, 1.82) is 0 Å². The van der Waals surface area contributed by atoms with E-state index in [9.17, 15) is 9.59 Å². The zero-order valence-corrected chi connectivity index (χ0v) is 29.6. The van der Waals surface area contributed by atoms with E-state index in [1.54, 1.807) is 10.6 Å². The first-order valence-corrected chi connectivity index (χ1v) is 17.7. The number of hydrogen-bond donors (Lipinski definition) is 0. The summed E-state index contributed by atoms with van der Waals surface area (Å²) in [7, 11) is 1.32. The molecule has 1 atom stereocenters. The zero-order valence-electron chi connectivity index (χ0n) is 28.8. The first kappa shape index (κ1) is 33.6. The molecule has 3 heterocycles. The Kier molecular flexibility index (Phi) is 9.55. The lowest BCUT2D eigenvalue weighted by Crippen LogP contribution is -2.39. The summed E-state index contributed by atoms with van der Waals surface area (Å²) in [5, 5.41) is 0. The third-order valence-electron chi connectivity index (χ3n) is 8.73. The summed E-state index contributed by atoms with van der Waals surface area (Å²) in [5.41, 5.74) is 7.66. The highest BCUT2D eigenvalue weighted by molar-refractivity contribution is 7.07. The van der Waals surface area contributed by atoms with Crippen molar-refractivity contribution in [3.63, 3.8) is 0 Å². The second-order valence-corrected chi connectivity index (χ2v) is 13.0. The molecule has 256 valence electrons. The maximum atomic E-state index is 14.6. The lowest BCUT2D eigenvalue weighted by molar-refractivity contribution is -0.136. The number of fused-ring (bicyclic) bond motifs is 1. The highest BCUT2D eigenvalue weighted by Gasteiger charge is 2.32. The summed E-state index contributed by atoms with van der Waals surface area (Å²) >= 11 is 1.28. The number of carbonyl (C=O) groups excluding carboxylic acids is 1. The first-order chi connectivity index (χ1) is 24.9. The molecule has 0 radical (unpaired) electrons. The summed E-state index contributed by atoms with van der Waals surface area (Å²) in [4.78, 5) is 32.8. The number of esters is 1. The number of ether oxygens (including phenoxy) is 3. The second kappa shape index (κ2) is 14.5. The summed E-state index contributed by atoms with van der Waals surface area (Å²) in [6.07, 6.45) is 3.44. The minimum absolute atomic E-state index is 0.241. The lowest BCUT2D eigenvalue weighted by Gasteiger charge is -2.23. The van der Waals surface area contributed by atoms with Crippen LogP contribution in [-0.4, -0.2) is 35.4 Å². The van der Waals surface area contributed by atoms with E-state index in [0.29, 0.717) is 39.6 Å². The Hall–Kier alpha value is -5.93. The largest absolute Gasteiger partial charge is 0.490 e. The molecule has 0 aliphatic carbocycles. The fourth-order valence-electron chi connectivity index (χ4n) is 6.44. The molecule has 1 aliphatic heterocycles. The molecule has 0 amide bonds. The van der Waals surface area contributed by atoms with Crippen molar-refractivity contribution in [1.82, 2.24) is 9.13 Å². The van der Waals surface area contributed by atoms with E-state index in [4.69, 9.17) is 14.2 Å². The average molecular weight is 696 g/mol. The number of carbonyl (C=O) groups is 1. The summed E-state index contributed by atoms with van der Waals surface area (Å²) in [5.74, 6) is 0.539. The van der Waals surface area contributed by atoms with Gasteiger partial charge in [-0.25, -0.2) is 9.79 Å². The van der Waals surface area contributed by atoms with Gasteiger partial charge in [-0.3, -0.25) is 9.36 Å². The van der Waals surface area contributed by atoms with E-state index in [-0.39, 0.29) is 11.1 Å². The highest BCUT2D eigenvalue weighted by Crippen LogP contribution is 2.37. The topological polar surface area (TPSA) is 84.0 Å². The van der Waals surface area contributed by atoms with E-state index in [2.05, 4.69) is 71.1 Å². The molecule has 0 spiro atoms. The molecule has 0 N–H and O–H groups in total. The molecule has 1 aliphatic rings. The quantitative estimate of drug-likeness (QED) is 0.141. The molecule has 9 heteroatoms. The molecule has 7 rings (SSSR count). The maximum absolute atomic E-state index is 14.6. The van der Waals surface area contributed by atoms with Gasteiger partial charge in [0, 0.05) is 17.5 Å². The van der Waals surface area contributed by atoms with Gasteiger partial charge in [0.25, 0.3) is 5.56 Å². The van der Waals surface area contributed by atoms with Gasteiger partial charge < -0.3 is 18.8 Å². The van der Waals surface area contributed by atoms with Gasteiger partial charge in [0.05, 0.1) is 47.9 Å². The average Bonchev–Trinajstić information content (AvgIpc) is 3.70. The fraction of sp³-hybridized carbons (Fsp3) is 0.167. The van der Waals surface area contributed by atoms with Crippen molar-refractivity contribution in [2.24, 2.45) is 4.99 Å². The van der Waals surface area contributed by atoms with Gasteiger partial charge >= 0.3 is 5.97 Å². The number of rotatable bonds is 10. The van der Waals surface area contributed by atoms with Crippen LogP contribution >= 0.6 is 11.3 Å². The van der Waals surface area contributed by atoms with E-state index < -0.39 is 12.0 Å². The fourth-order valence-corrected chi connectivity index (χ4v) is 7.40. The molecule has 51 heavy (non-hydrogen) atoms. The first-order valence-electron chi connectivity index (χ1n) is 16.8. The Labute approximate surface area is 299 Å². The van der Waals surface area contributed by atoms with Crippen LogP contribution in [0.3, 0.4) is 0 Å². The van der Waals surface area contributed by atoms with Crippen LogP contribution in [-0.2, 0) is 9.53 Å². The minimum atomic E-state index is -0.795. The Morgan fingerprint density at radius 2 is 1.51 bits per heavy atom. The van der Waals surface area contributed by atoms with Crippen LogP contribution in [0.5, 0.6) is 11.5 Å². The summed E-state index contributed by atoms with van der Waals surface area (Å²) < 4.78 is 21.2. The molecule has 4 aromatic carbocycles. The van der Waals surface area contributed by atoms with Crippen LogP contribution in [0.2, 0.25) is 0 Å². The molecule has 0 saturated carbocycles. The van der Waals surface area contributed by atoms with Crippen molar-refractivity contribution in [3.05, 3.63) is 157 Å². The molecule has 0 fully saturated rings. The predicted octanol–water partition coefficient (Wildman–Crippen LogP) is 7.25. The number of aromatic nitrogens is 2. The van der Waals surface area contributed by atoms with Crippen LogP contribution in [0.4, 0.5) is 0 Å². The number of aryl methyl sites for hydroxylation is 1. The number of thiazole rings is 1. The van der Waals surface area contributed by atoms with Crippen molar-refractivity contribution < 1.29 is 19.0 Å². The number of methoxy groups -OCH3 is 1. The van der Waals surface area contributed by atoms with E-state index in [1.807, 2.05) is 68.5 Å². The number of nitrogens with zero attached hydrogens (tertiary/aromatic N) is 3. The second-order valence-electron chi connectivity index (χ2n) is 12.0. The van der Waals surface area contributed by atoms with E-state index in [1.165, 1.54) is 24.6 Å². The van der Waals surface area contributed by atoms with Crippen molar-refractivity contribution in [2.45, 2.75) is 26.8 Å². The van der Waals surface area contributed by atoms with Gasteiger partial charge in [0.2, 0.25) is 0 Å². The van der Waals surface area contributed by atoms with E-state index in [0.717, 1.165) is 39.3 Å². The molecule has 0 saturated heterocycles. The van der Waals surface area contributed by atoms with Crippen molar-refractivity contribution in [3.8, 4) is 39.7 Å². The lowest BCUT2D eigenvalue weighted by atomic mass is 9.97. The molecule has 2 aromatic heterocycles. The van der Waals surface area contributed by atoms with Crippen LogP contribution in [0.15, 0.2) is 131 Å². The molecular weight excluding hydrogens is 659 g/mol. The highest BCUT2D eigenvalue weighted by atomic mass is 32.1. The normalized spacial score (nSPS) is 14.0. The smallest absolute Gasteiger partial charge is 0.337 e. The number of benzene rings is 4. The van der Waals surface area contributed by atoms with Crippen LogP contribution in [0.1, 0.15) is 36.6 Å². The van der Waals surface area contributed by atoms with Crippen LogP contribution < -0.4 is 24.4 Å². The molecule has 0 unspecified atom stereocenters. The predicted molar refractivity (Wildman–Crippen MR) is 201 cm³/mol. The summed E-state index contributed by atoms with van der Waals surface area (Å²) in [6, 6.07) is 35.7. The van der Waals surface area contributed by atoms with E-state index >= 15 is 0 Å². The number of hydrogen-bond acceptors (Lipinski definition) is 7. The molecular formula is C42H37N3O5S. The Morgan fingerprint density at radius 1 is 0.843 bits per heavy atom. The molecule has 6 aromatic rings. The third kappa shape index (κ3) is 6.44. The van der Waals surface area contributed by atoms with Gasteiger partial charge in [0.15, 0.2) is 16.3 Å². The molecule has 8 nitrogen and oxygen atoms in total. The van der Waals surface area contributed by atoms with Crippen molar-refractivity contribution >= 4 is 23.4 Å². The van der Waals surface area contributed by atoms with Gasteiger partial charge in [-0.2, -0.15) is 0 Å². The molecule has 0 bridgehead atoms. The van der Waals surface area contributed by atoms with Gasteiger partial charge in [-0.1, -0.05) is 95.8 Å². The van der Waals surface area contributed by atoms with Crippen molar-refractivity contribution in [2.75, 3.05) is 20.3 Å². The van der Waals surface area contributed by atoms with Crippen LogP contribution in [0.25, 0.3) is 34.3 Å². The van der Waals surface area contributed by atoms with Gasteiger partial charge in [-0.05, 0) is 73.9 Å². The minimum Gasteiger partial charge on any atom is -0.490 e. The Balaban J connectivity index is 1.47. The maximum Gasteiger partial charge on any atom is 0.337 e. The standard InChI is InChI=1S/C42H37N3O5S/c1-5-49-35-22-19-30(24-36(35)50-6-2)39-33(41(47)48-4)26-43-42-45(39)40(46)37(51-42)25-31-23-34(28-13-9-7-10-14-28)44(32-20-17-27(3)18-21-32)38(31)29-15-11-8-12-16-29/h7-26,39H,5-6H2,1-4H3/b37-25+/t39-/m0/s1. The van der Waals surface area contributed by atoms with Gasteiger partial charge in [0.1, 0.15) is 0 Å². The third-order valence-corrected chi connectivity index (χ3v) is 9.73. The van der Waals surface area contributed by atoms with Crippen LogP contribution in [0, 0.1) is 6.92 Å². The summed E-state index contributed by atoms with van der Waals surface area (Å²) in [6.45, 7) is 6.75.